The second kappa shape index (κ2) is 5.35. The SMILES string of the molecule is CCC1CCC(N)(c2nc(-c3cccs3)cs2)CC1. The highest BCUT2D eigenvalue weighted by atomic mass is 32.1. The van der Waals surface area contributed by atoms with Crippen molar-refractivity contribution in [1.82, 2.24) is 4.98 Å². The van der Waals surface area contributed by atoms with E-state index in [0.717, 1.165) is 29.5 Å². The molecule has 19 heavy (non-hydrogen) atoms. The fourth-order valence-electron chi connectivity index (χ4n) is 2.85. The zero-order valence-corrected chi connectivity index (χ0v) is 12.9. The minimum absolute atomic E-state index is 0.175. The molecule has 2 heterocycles. The Kier molecular flexibility index (Phi) is 3.74. The smallest absolute Gasteiger partial charge is 0.113 e. The third kappa shape index (κ3) is 2.62. The summed E-state index contributed by atoms with van der Waals surface area (Å²) in [6.45, 7) is 2.28. The van der Waals surface area contributed by atoms with Gasteiger partial charge in [0.25, 0.3) is 0 Å². The van der Waals surface area contributed by atoms with Crippen molar-refractivity contribution in [2.24, 2.45) is 11.7 Å². The third-order valence-corrected chi connectivity index (χ3v) is 6.23. The Morgan fingerprint density at radius 1 is 1.37 bits per heavy atom. The van der Waals surface area contributed by atoms with Crippen LogP contribution in [-0.2, 0) is 5.54 Å². The minimum atomic E-state index is -0.175. The van der Waals surface area contributed by atoms with E-state index < -0.39 is 0 Å². The summed E-state index contributed by atoms with van der Waals surface area (Å²) in [6, 6.07) is 4.20. The molecule has 0 amide bonds. The molecule has 0 radical (unpaired) electrons. The molecule has 2 N–H and O–H groups in total. The standard InChI is InChI=1S/C15H20N2S2/c1-2-11-5-7-15(16,8-6-11)14-17-12(10-19-14)13-4-3-9-18-13/h3-4,9-11H,2,5-8,16H2,1H3. The van der Waals surface area contributed by atoms with Gasteiger partial charge in [0.05, 0.1) is 16.1 Å². The van der Waals surface area contributed by atoms with Crippen molar-refractivity contribution in [2.75, 3.05) is 0 Å². The zero-order chi connectivity index (χ0) is 13.3. The maximum absolute atomic E-state index is 6.62. The number of hydrogen-bond acceptors (Lipinski definition) is 4. The van der Waals surface area contributed by atoms with E-state index in [9.17, 15) is 0 Å². The molecule has 2 aromatic rings. The van der Waals surface area contributed by atoms with Gasteiger partial charge in [-0.2, -0.15) is 0 Å². The van der Waals surface area contributed by atoms with Crippen molar-refractivity contribution in [3.05, 3.63) is 27.9 Å². The molecule has 4 heteroatoms. The maximum atomic E-state index is 6.62. The summed E-state index contributed by atoms with van der Waals surface area (Å²) < 4.78 is 0. The molecule has 0 unspecified atom stereocenters. The molecule has 1 aliphatic carbocycles. The van der Waals surface area contributed by atoms with Gasteiger partial charge in [-0.1, -0.05) is 19.4 Å². The molecule has 0 aliphatic heterocycles. The van der Waals surface area contributed by atoms with Gasteiger partial charge in [-0.05, 0) is 43.0 Å². The molecule has 1 aliphatic rings. The van der Waals surface area contributed by atoms with Crippen LogP contribution >= 0.6 is 22.7 Å². The van der Waals surface area contributed by atoms with Crippen LogP contribution in [-0.4, -0.2) is 4.98 Å². The summed E-state index contributed by atoms with van der Waals surface area (Å²) in [7, 11) is 0. The number of nitrogens with zero attached hydrogens (tertiary/aromatic N) is 1. The Bertz CT molecular complexity index is 522. The lowest BCUT2D eigenvalue weighted by molar-refractivity contribution is 0.231. The van der Waals surface area contributed by atoms with Gasteiger partial charge in [0, 0.05) is 5.38 Å². The summed E-state index contributed by atoms with van der Waals surface area (Å²) >= 11 is 3.47. The second-order valence-electron chi connectivity index (χ2n) is 5.52. The molecule has 2 aromatic heterocycles. The first-order valence-electron chi connectivity index (χ1n) is 7.00. The van der Waals surface area contributed by atoms with Crippen LogP contribution in [0.5, 0.6) is 0 Å². The van der Waals surface area contributed by atoms with Gasteiger partial charge in [-0.25, -0.2) is 4.98 Å². The topological polar surface area (TPSA) is 38.9 Å². The fraction of sp³-hybridized carbons (Fsp3) is 0.533. The number of thiophene rings is 1. The number of nitrogens with two attached hydrogens (primary N) is 1. The molecule has 3 rings (SSSR count). The van der Waals surface area contributed by atoms with Crippen molar-refractivity contribution in [3.8, 4) is 10.6 Å². The third-order valence-electron chi connectivity index (χ3n) is 4.28. The first-order chi connectivity index (χ1) is 9.21. The number of hydrogen-bond donors (Lipinski definition) is 1. The monoisotopic (exact) mass is 292 g/mol. The van der Waals surface area contributed by atoms with E-state index in [0.29, 0.717) is 0 Å². The van der Waals surface area contributed by atoms with Gasteiger partial charge in [0.15, 0.2) is 0 Å². The highest BCUT2D eigenvalue weighted by molar-refractivity contribution is 7.14. The second-order valence-corrected chi connectivity index (χ2v) is 7.33. The largest absolute Gasteiger partial charge is 0.319 e. The van der Waals surface area contributed by atoms with Crippen LogP contribution in [0.4, 0.5) is 0 Å². The number of rotatable bonds is 3. The van der Waals surface area contributed by atoms with E-state index in [1.54, 1.807) is 22.7 Å². The summed E-state index contributed by atoms with van der Waals surface area (Å²) in [4.78, 5) is 6.05. The average Bonchev–Trinajstić information content (AvgIpc) is 3.10. The highest BCUT2D eigenvalue weighted by Gasteiger charge is 2.35. The van der Waals surface area contributed by atoms with E-state index in [1.165, 1.54) is 24.1 Å². The van der Waals surface area contributed by atoms with Gasteiger partial charge in [0.2, 0.25) is 0 Å². The van der Waals surface area contributed by atoms with Crippen LogP contribution in [0.2, 0.25) is 0 Å². The van der Waals surface area contributed by atoms with Crippen LogP contribution in [0.25, 0.3) is 10.6 Å². The van der Waals surface area contributed by atoms with Gasteiger partial charge in [0.1, 0.15) is 5.01 Å². The lowest BCUT2D eigenvalue weighted by Crippen LogP contribution is -2.40. The molecule has 2 nitrogen and oxygen atoms in total. The first-order valence-corrected chi connectivity index (χ1v) is 8.76. The molecule has 1 fully saturated rings. The maximum Gasteiger partial charge on any atom is 0.113 e. The Hall–Kier alpha value is -0.710. The minimum Gasteiger partial charge on any atom is -0.319 e. The molecule has 0 aromatic carbocycles. The quantitative estimate of drug-likeness (QED) is 0.896. The molecule has 0 saturated heterocycles. The summed E-state index contributed by atoms with van der Waals surface area (Å²) in [5.74, 6) is 0.869. The van der Waals surface area contributed by atoms with Crippen LogP contribution in [0.3, 0.4) is 0 Å². The Labute approximate surface area is 122 Å². The van der Waals surface area contributed by atoms with E-state index in [4.69, 9.17) is 10.7 Å². The van der Waals surface area contributed by atoms with E-state index in [2.05, 4.69) is 29.8 Å². The van der Waals surface area contributed by atoms with Crippen LogP contribution in [0.1, 0.15) is 44.0 Å². The van der Waals surface area contributed by atoms with Gasteiger partial charge in [-0.15, -0.1) is 22.7 Å². The Morgan fingerprint density at radius 3 is 2.79 bits per heavy atom. The van der Waals surface area contributed by atoms with Gasteiger partial charge >= 0.3 is 0 Å². The number of thiazole rings is 1. The summed E-state index contributed by atoms with van der Waals surface area (Å²) in [5, 5.41) is 5.38. The predicted octanol–water partition coefficient (Wildman–Crippen LogP) is 4.63. The van der Waals surface area contributed by atoms with Crippen LogP contribution in [0.15, 0.2) is 22.9 Å². The summed E-state index contributed by atoms with van der Waals surface area (Å²) in [5.41, 5.74) is 7.54. The molecular weight excluding hydrogens is 272 g/mol. The lowest BCUT2D eigenvalue weighted by Gasteiger charge is -2.35. The van der Waals surface area contributed by atoms with Crippen molar-refractivity contribution < 1.29 is 0 Å². The molecular formula is C15H20N2S2. The Balaban J connectivity index is 1.79. The summed E-state index contributed by atoms with van der Waals surface area (Å²) in [6.07, 6.45) is 5.96. The normalized spacial score (nSPS) is 27.6. The first kappa shape index (κ1) is 13.3. The molecule has 102 valence electrons. The van der Waals surface area contributed by atoms with E-state index in [-0.39, 0.29) is 5.54 Å². The average molecular weight is 292 g/mol. The van der Waals surface area contributed by atoms with Crippen LogP contribution < -0.4 is 5.73 Å². The molecule has 0 atom stereocenters. The van der Waals surface area contributed by atoms with E-state index in [1.807, 2.05) is 0 Å². The van der Waals surface area contributed by atoms with Gasteiger partial charge < -0.3 is 5.73 Å². The van der Waals surface area contributed by atoms with Crippen molar-refractivity contribution in [3.63, 3.8) is 0 Å². The number of aromatic nitrogens is 1. The van der Waals surface area contributed by atoms with Crippen molar-refractivity contribution >= 4 is 22.7 Å². The zero-order valence-electron chi connectivity index (χ0n) is 11.3. The molecule has 0 spiro atoms. The van der Waals surface area contributed by atoms with E-state index >= 15 is 0 Å². The molecule has 0 bridgehead atoms. The van der Waals surface area contributed by atoms with Crippen molar-refractivity contribution in [1.29, 1.82) is 0 Å². The lowest BCUT2D eigenvalue weighted by atomic mass is 9.76. The highest BCUT2D eigenvalue weighted by Crippen LogP contribution is 2.40. The predicted molar refractivity (Wildman–Crippen MR) is 83.5 cm³/mol. The fourth-order valence-corrected chi connectivity index (χ4v) is 4.61. The Morgan fingerprint density at radius 2 is 2.16 bits per heavy atom. The molecule has 1 saturated carbocycles. The van der Waals surface area contributed by atoms with Crippen molar-refractivity contribution in [2.45, 2.75) is 44.6 Å². The van der Waals surface area contributed by atoms with Gasteiger partial charge in [-0.3, -0.25) is 0 Å². The van der Waals surface area contributed by atoms with Crippen LogP contribution in [0, 0.1) is 5.92 Å².